The van der Waals surface area contributed by atoms with Crippen LogP contribution in [0.3, 0.4) is 0 Å². The largest absolute Gasteiger partial charge is 0.507 e. The molecule has 8 aliphatic rings. The van der Waals surface area contributed by atoms with Crippen LogP contribution >= 0.6 is 0 Å². The molecule has 3 aliphatic carbocycles. The van der Waals surface area contributed by atoms with Gasteiger partial charge in [0.2, 0.25) is 11.6 Å². The van der Waals surface area contributed by atoms with Gasteiger partial charge in [-0.05, 0) is 73.2 Å². The maximum atomic E-state index is 14.7. The summed E-state index contributed by atoms with van der Waals surface area (Å²) in [6.45, 7) is 4.24. The molecule has 308 valence electrons. The minimum absolute atomic E-state index is 0.0196. The molecule has 3 aromatic rings. The summed E-state index contributed by atoms with van der Waals surface area (Å²) in [7, 11) is 0. The number of rotatable bonds is 3. The molecule has 8 atom stereocenters. The average molecular weight is 797 g/mol. The van der Waals surface area contributed by atoms with Crippen LogP contribution in [0.1, 0.15) is 114 Å². The molecule has 2 aromatic carbocycles. The molecule has 0 amide bonds. The smallest absolute Gasteiger partial charge is 0.240 e. The number of ether oxygens (including phenoxy) is 2. The quantitative estimate of drug-likeness (QED) is 0.149. The molecular weight excluding hydrogens is 745 g/mol. The second-order valence-corrected chi connectivity index (χ2v) is 18.1. The molecule has 3 spiro atoms. The fraction of sp³-hybridized carbons (Fsp3) is 0.568. The van der Waals surface area contributed by atoms with Crippen molar-refractivity contribution < 1.29 is 49.7 Å². The number of carbonyl (C=O) groups excluding carboxylic acids is 2. The summed E-state index contributed by atoms with van der Waals surface area (Å²) in [5.41, 5.74) is 1.79. The van der Waals surface area contributed by atoms with Gasteiger partial charge in [0, 0.05) is 58.9 Å². The lowest BCUT2D eigenvalue weighted by Crippen LogP contribution is -2.78. The first kappa shape index (κ1) is 38.1. The summed E-state index contributed by atoms with van der Waals surface area (Å²) in [6, 6.07) is 4.64. The second-order valence-electron chi connectivity index (χ2n) is 18.1. The number of hydrazine groups is 1. The number of hydrogen-bond donors (Lipinski definition) is 8. The maximum Gasteiger partial charge on any atom is 0.240 e. The van der Waals surface area contributed by atoms with E-state index in [2.05, 4.69) is 17.7 Å². The normalized spacial score (nSPS) is 33.5. The molecule has 2 saturated carbocycles. The lowest BCUT2D eigenvalue weighted by Gasteiger charge is -2.59. The predicted octanol–water partition coefficient (Wildman–Crippen LogP) is 3.48. The first-order valence-electron chi connectivity index (χ1n) is 21.0. The van der Waals surface area contributed by atoms with E-state index in [0.29, 0.717) is 58.7 Å². The minimum Gasteiger partial charge on any atom is -0.507 e. The Hall–Kier alpha value is -4.15. The zero-order valence-corrected chi connectivity index (χ0v) is 32.8. The van der Waals surface area contributed by atoms with Gasteiger partial charge in [-0.2, -0.15) is 5.01 Å². The monoisotopic (exact) mass is 796 g/mol. The SMILES string of the molecule is Cc1cc(O)c2c(c1)C(=O)c1c(c3c4c5c(nccc15)NC[C@H](O)C1(CCCC1)C1=C[C@@]5(O[C@@](CC4)(O3)[C@H](O)[C@@H](O)[C@@H]5O)[C@H](O)N(C[C@@H](C)C3CCCCC3)N1)C2=O. The van der Waals surface area contributed by atoms with Crippen LogP contribution in [0.5, 0.6) is 11.5 Å². The molecule has 5 aliphatic heterocycles. The van der Waals surface area contributed by atoms with Crippen LogP contribution in [0.25, 0.3) is 10.8 Å². The number of pyridine rings is 1. The molecule has 58 heavy (non-hydrogen) atoms. The average Bonchev–Trinajstić information content (AvgIpc) is 3.73. The number of aromatic nitrogens is 1. The first-order valence-corrected chi connectivity index (χ1v) is 21.0. The van der Waals surface area contributed by atoms with Gasteiger partial charge >= 0.3 is 0 Å². The third-order valence-corrected chi connectivity index (χ3v) is 14.8. The summed E-state index contributed by atoms with van der Waals surface area (Å²) in [6.07, 6.45) is 3.14. The fourth-order valence-corrected chi connectivity index (χ4v) is 11.6. The molecule has 1 aromatic heterocycles. The van der Waals surface area contributed by atoms with Crippen molar-refractivity contribution in [2.45, 2.75) is 127 Å². The van der Waals surface area contributed by atoms with Crippen LogP contribution in [0.4, 0.5) is 5.82 Å². The zero-order chi connectivity index (χ0) is 40.5. The zero-order valence-electron chi connectivity index (χ0n) is 32.8. The van der Waals surface area contributed by atoms with E-state index in [1.165, 1.54) is 12.5 Å². The highest BCUT2D eigenvalue weighted by Crippen LogP contribution is 2.55. The van der Waals surface area contributed by atoms with Crippen LogP contribution in [0.2, 0.25) is 0 Å². The number of aromatic hydroxyl groups is 1. The molecule has 3 fully saturated rings. The Morgan fingerprint density at radius 3 is 2.47 bits per heavy atom. The number of nitrogens with zero attached hydrogens (tertiary/aromatic N) is 2. The van der Waals surface area contributed by atoms with Crippen molar-refractivity contribution in [3.63, 3.8) is 0 Å². The summed E-state index contributed by atoms with van der Waals surface area (Å²) in [4.78, 5) is 34.1. The van der Waals surface area contributed by atoms with Crippen LogP contribution < -0.4 is 15.5 Å². The Labute approximate surface area is 335 Å². The van der Waals surface area contributed by atoms with E-state index < -0.39 is 59.0 Å². The summed E-state index contributed by atoms with van der Waals surface area (Å²) in [5.74, 6) is -2.93. The van der Waals surface area contributed by atoms with E-state index in [4.69, 9.17) is 14.5 Å². The lowest BCUT2D eigenvalue weighted by molar-refractivity contribution is -0.387. The molecule has 1 saturated heterocycles. The molecule has 0 unspecified atom stereocenters. The number of aliphatic hydroxyl groups excluding tert-OH is 5. The van der Waals surface area contributed by atoms with Crippen molar-refractivity contribution >= 4 is 28.2 Å². The van der Waals surface area contributed by atoms with Crippen molar-refractivity contribution in [1.29, 1.82) is 0 Å². The van der Waals surface area contributed by atoms with Crippen LogP contribution in [-0.2, 0) is 11.2 Å². The molecule has 8 N–H and O–H groups in total. The molecule has 14 nitrogen and oxygen atoms in total. The van der Waals surface area contributed by atoms with Crippen molar-refractivity contribution in [2.75, 3.05) is 18.4 Å². The highest BCUT2D eigenvalue weighted by atomic mass is 16.7. The number of aliphatic hydroxyl groups is 5. The highest BCUT2D eigenvalue weighted by Gasteiger charge is 2.67. The fourth-order valence-electron chi connectivity index (χ4n) is 11.6. The van der Waals surface area contributed by atoms with Gasteiger partial charge in [0.25, 0.3) is 0 Å². The van der Waals surface area contributed by atoms with Crippen molar-refractivity contribution in [1.82, 2.24) is 15.4 Å². The van der Waals surface area contributed by atoms with Gasteiger partial charge < -0.3 is 50.9 Å². The summed E-state index contributed by atoms with van der Waals surface area (Å²) >= 11 is 0. The standard InChI is InChI=1S/C44H52N4O10/c1-21-16-26-31(27(49)17-21)35(52)33-32(34(26)51)24-11-15-45-40-30(24)25-10-14-44(57-37(25)33)39(55)36(53)38(54)43(58-44)18-28(42(12-6-7-13-42)29(50)19-46-40)47-48(41(43)56)20-22(2)23-8-4-3-5-9-23/h11,15-18,22-23,29,36,38-39,41,47,49-50,53-56H,3-10,12-14,19-20H2,1-2H3,(H,45,46)/t22-,29+,36+,38+,39-,41+,43+,44-/m1/s1. The molecule has 14 heteroatoms. The van der Waals surface area contributed by atoms with Crippen molar-refractivity contribution in [3.05, 3.63) is 69.5 Å². The van der Waals surface area contributed by atoms with E-state index in [-0.39, 0.29) is 59.1 Å². The van der Waals surface area contributed by atoms with Crippen LogP contribution in [-0.4, -0.2) is 107 Å². The number of anilines is 1. The molecule has 0 radical (unpaired) electrons. The number of hydrogen-bond acceptors (Lipinski definition) is 14. The third-order valence-electron chi connectivity index (χ3n) is 14.8. The lowest BCUT2D eigenvalue weighted by atomic mass is 9.71. The van der Waals surface area contributed by atoms with E-state index >= 15 is 0 Å². The molecule has 6 heterocycles. The number of benzene rings is 2. The number of aryl methyl sites for hydroxylation is 2. The van der Waals surface area contributed by atoms with Crippen molar-refractivity contribution in [2.24, 2.45) is 17.3 Å². The van der Waals surface area contributed by atoms with Gasteiger partial charge in [0.15, 0.2) is 17.6 Å². The number of fused-ring (bicyclic) bond motifs is 6. The summed E-state index contributed by atoms with van der Waals surface area (Å²) in [5, 5.41) is 78.2. The molecule has 6 bridgehead atoms. The number of carbonyl (C=O) groups is 2. The Kier molecular flexibility index (Phi) is 8.82. The van der Waals surface area contributed by atoms with E-state index in [0.717, 1.165) is 38.5 Å². The Balaban J connectivity index is 1.20. The number of phenols is 1. The molecular formula is C44H52N4O10. The van der Waals surface area contributed by atoms with Gasteiger partial charge in [0.05, 0.1) is 17.2 Å². The summed E-state index contributed by atoms with van der Waals surface area (Å²) < 4.78 is 13.8. The number of phenolic OH excluding ortho intramolecular Hbond substituents is 1. The molecule has 11 rings (SSSR count). The third kappa shape index (κ3) is 5.25. The number of nitrogens with one attached hydrogen (secondary N) is 2. The van der Waals surface area contributed by atoms with E-state index in [1.807, 2.05) is 0 Å². The van der Waals surface area contributed by atoms with Gasteiger partial charge in [-0.15, -0.1) is 0 Å². The highest BCUT2D eigenvalue weighted by molar-refractivity contribution is 6.34. The predicted molar refractivity (Wildman–Crippen MR) is 210 cm³/mol. The van der Waals surface area contributed by atoms with Crippen molar-refractivity contribution in [3.8, 4) is 11.5 Å². The van der Waals surface area contributed by atoms with Gasteiger partial charge in [-0.1, -0.05) is 51.9 Å². The Bertz CT molecular complexity index is 2270. The minimum atomic E-state index is -2.16. The van der Waals surface area contributed by atoms with E-state index in [1.54, 1.807) is 36.3 Å². The Morgan fingerprint density at radius 1 is 0.948 bits per heavy atom. The van der Waals surface area contributed by atoms with Crippen LogP contribution in [0, 0.1) is 24.2 Å². The second kappa shape index (κ2) is 13.4. The first-order chi connectivity index (χ1) is 27.8. The topological polar surface area (TPSA) is 214 Å². The van der Waals surface area contributed by atoms with Gasteiger partial charge in [-0.3, -0.25) is 9.59 Å². The van der Waals surface area contributed by atoms with Gasteiger partial charge in [-0.25, -0.2) is 4.98 Å². The number of ketones is 2. The van der Waals surface area contributed by atoms with Crippen LogP contribution in [0.15, 0.2) is 36.2 Å². The van der Waals surface area contributed by atoms with E-state index in [9.17, 15) is 40.2 Å². The maximum absolute atomic E-state index is 14.7. The van der Waals surface area contributed by atoms with Gasteiger partial charge in [0.1, 0.15) is 35.6 Å². The Morgan fingerprint density at radius 2 is 1.71 bits per heavy atom.